The second kappa shape index (κ2) is 14.2. The topological polar surface area (TPSA) is 0 Å². The van der Waals surface area contributed by atoms with Crippen molar-refractivity contribution in [2.24, 2.45) is 58.7 Å². The third-order valence-electron chi connectivity index (χ3n) is 11.7. The van der Waals surface area contributed by atoms with Gasteiger partial charge in [-0.25, -0.2) is 0 Å². The number of rotatable bonds is 0. The van der Waals surface area contributed by atoms with Crippen molar-refractivity contribution in [3.63, 3.8) is 0 Å². The molecule has 9 aliphatic carbocycles. The molecule has 0 nitrogen and oxygen atoms in total. The lowest BCUT2D eigenvalue weighted by Crippen LogP contribution is -2.67. The van der Waals surface area contributed by atoms with Crippen LogP contribution >= 0.6 is 0 Å². The summed E-state index contributed by atoms with van der Waals surface area (Å²) in [5.74, 6) is 10.8. The molecule has 9 aliphatic rings. The molecular weight excluding hydrogens is 420 g/mol. The summed E-state index contributed by atoms with van der Waals surface area (Å²) in [4.78, 5) is 0. The molecule has 2 bridgehead atoms. The Labute approximate surface area is 222 Å². The molecule has 0 aliphatic heterocycles. The molecule has 0 N–H and O–H groups in total. The van der Waals surface area contributed by atoms with Crippen LogP contribution in [-0.4, -0.2) is 0 Å². The predicted molar refractivity (Wildman–Crippen MR) is 157 cm³/mol. The fourth-order valence-corrected chi connectivity index (χ4v) is 9.71. The molecule has 9 rings (SSSR count). The Morgan fingerprint density at radius 3 is 1.00 bits per heavy atom. The summed E-state index contributed by atoms with van der Waals surface area (Å²) in [6, 6.07) is 0. The summed E-state index contributed by atoms with van der Waals surface area (Å²) < 4.78 is 0. The summed E-state index contributed by atoms with van der Waals surface area (Å²) in [7, 11) is 0. The van der Waals surface area contributed by atoms with Gasteiger partial charge in [0.2, 0.25) is 0 Å². The zero-order chi connectivity index (χ0) is 25.4. The van der Waals surface area contributed by atoms with Gasteiger partial charge in [0.1, 0.15) is 0 Å². The van der Waals surface area contributed by atoms with Crippen LogP contribution in [0.3, 0.4) is 0 Å². The molecule has 0 aromatic carbocycles. The van der Waals surface area contributed by atoms with Crippen LogP contribution in [0.1, 0.15) is 164 Å². The van der Waals surface area contributed by atoms with Crippen LogP contribution in [0.2, 0.25) is 0 Å². The van der Waals surface area contributed by atoms with E-state index in [4.69, 9.17) is 0 Å². The first-order valence-electron chi connectivity index (χ1n) is 17.2. The molecule has 0 saturated heterocycles. The predicted octanol–water partition coefficient (Wildman–Crippen LogP) is 11.7. The van der Waals surface area contributed by atoms with E-state index in [1.807, 2.05) is 41.5 Å². The number of hydrogen-bond acceptors (Lipinski definition) is 0. The summed E-state index contributed by atoms with van der Waals surface area (Å²) in [6.45, 7) is 14.5. The molecule has 206 valence electrons. The lowest BCUT2D eigenvalue weighted by Gasteiger charge is -2.75. The lowest BCUT2D eigenvalue weighted by atomic mass is 9.30. The van der Waals surface area contributed by atoms with E-state index in [1.54, 1.807) is 96.3 Å². The molecule has 9 fully saturated rings. The second-order valence-corrected chi connectivity index (χ2v) is 13.5. The molecule has 0 aromatic heterocycles. The minimum Gasteiger partial charge on any atom is -0.0683 e. The molecule has 0 spiro atoms. The Hall–Kier alpha value is 0. The van der Waals surface area contributed by atoms with Crippen LogP contribution in [0.15, 0.2) is 0 Å². The normalized spacial score (nSPS) is 46.2. The van der Waals surface area contributed by atoms with Gasteiger partial charge in [-0.05, 0) is 104 Å². The molecule has 6 unspecified atom stereocenters. The van der Waals surface area contributed by atoms with Gasteiger partial charge in [0, 0.05) is 0 Å². The van der Waals surface area contributed by atoms with Gasteiger partial charge in [0.05, 0.1) is 0 Å². The first-order valence-corrected chi connectivity index (χ1v) is 17.2. The molecule has 9 saturated carbocycles. The monoisotopic (exact) mass is 487 g/mol. The van der Waals surface area contributed by atoms with Gasteiger partial charge in [0.25, 0.3) is 0 Å². The van der Waals surface area contributed by atoms with Crippen molar-refractivity contribution in [1.82, 2.24) is 0 Å². The van der Waals surface area contributed by atoms with Crippen molar-refractivity contribution >= 4 is 0 Å². The van der Waals surface area contributed by atoms with Crippen molar-refractivity contribution in [3.8, 4) is 0 Å². The maximum absolute atomic E-state index is 2.48. The zero-order valence-electron chi connectivity index (χ0n) is 25.4. The first kappa shape index (κ1) is 29.6. The van der Waals surface area contributed by atoms with Crippen LogP contribution in [0.5, 0.6) is 0 Å². The zero-order valence-corrected chi connectivity index (χ0v) is 25.4. The Morgan fingerprint density at radius 1 is 0.400 bits per heavy atom. The maximum Gasteiger partial charge on any atom is -0.0287 e. The Balaban J connectivity index is 0.000000122. The van der Waals surface area contributed by atoms with E-state index in [-0.39, 0.29) is 0 Å². The van der Waals surface area contributed by atoms with Crippen molar-refractivity contribution < 1.29 is 0 Å². The Kier molecular flexibility index (Phi) is 12.0. The summed E-state index contributed by atoms with van der Waals surface area (Å²) in [5.41, 5.74) is 0.883. The van der Waals surface area contributed by atoms with Crippen LogP contribution < -0.4 is 0 Å². The average molecular weight is 487 g/mol. The minimum atomic E-state index is 0.883. The summed E-state index contributed by atoms with van der Waals surface area (Å²) >= 11 is 0. The Bertz CT molecular complexity index is 527. The van der Waals surface area contributed by atoms with Crippen molar-refractivity contribution in [2.45, 2.75) is 164 Å². The van der Waals surface area contributed by atoms with Gasteiger partial charge in [0.15, 0.2) is 0 Å². The van der Waals surface area contributed by atoms with Crippen LogP contribution in [0, 0.1) is 58.7 Å². The Morgan fingerprint density at radius 2 is 0.800 bits per heavy atom. The van der Waals surface area contributed by atoms with Crippen molar-refractivity contribution in [1.29, 1.82) is 0 Å². The second-order valence-electron chi connectivity index (χ2n) is 13.5. The fourth-order valence-electron chi connectivity index (χ4n) is 9.71. The molecule has 0 aromatic rings. The highest BCUT2D eigenvalue weighted by molar-refractivity contribution is 5.17. The third-order valence-corrected chi connectivity index (χ3v) is 11.7. The molecule has 0 heterocycles. The largest absolute Gasteiger partial charge is 0.0683 e. The van der Waals surface area contributed by atoms with Crippen LogP contribution in [0.25, 0.3) is 0 Å². The summed E-state index contributed by atoms with van der Waals surface area (Å²) in [5, 5.41) is 0. The highest BCUT2D eigenvalue weighted by atomic mass is 14.7. The molecular formula is C35H66. The van der Waals surface area contributed by atoms with Gasteiger partial charge >= 0.3 is 0 Å². The smallest absolute Gasteiger partial charge is 0.0287 e. The molecule has 0 amide bonds. The highest BCUT2D eigenvalue weighted by Gasteiger charge is 2.68. The fraction of sp³-hybridized carbons (Fsp3) is 1.00. The van der Waals surface area contributed by atoms with Gasteiger partial charge < -0.3 is 0 Å². The third kappa shape index (κ3) is 7.11. The quantitative estimate of drug-likeness (QED) is 0.319. The molecule has 0 radical (unpaired) electrons. The molecule has 0 heteroatoms. The van der Waals surface area contributed by atoms with Gasteiger partial charge in [-0.1, -0.05) is 119 Å². The van der Waals surface area contributed by atoms with Crippen molar-refractivity contribution in [3.05, 3.63) is 0 Å². The van der Waals surface area contributed by atoms with Crippen LogP contribution in [0.4, 0.5) is 0 Å². The minimum absolute atomic E-state index is 0.883. The van der Waals surface area contributed by atoms with E-state index in [2.05, 4.69) is 6.92 Å². The first-order chi connectivity index (χ1) is 17.2. The van der Waals surface area contributed by atoms with E-state index >= 15 is 0 Å². The van der Waals surface area contributed by atoms with Gasteiger partial charge in [-0.3, -0.25) is 0 Å². The standard InChI is InChI=1S/C8H12.3C7H12.3C2H6/c1-8-3-5-2-6(4-8)7(5)8;1-2-7-4-3-6(1)5-7;1-2-6-4-5-7(6)3-1;1-2-4-7-5-6(7)3-1;3*1-2/h5-7H,2-4H2,1H3;3*6-7H,1-5H2;3*1-2H3. The lowest BCUT2D eigenvalue weighted by molar-refractivity contribution is -0.260. The van der Waals surface area contributed by atoms with E-state index in [0.29, 0.717) is 0 Å². The number of fused-ring (bicyclic) bond motifs is 4. The van der Waals surface area contributed by atoms with Gasteiger partial charge in [-0.2, -0.15) is 0 Å². The molecule has 35 heavy (non-hydrogen) atoms. The average Bonchev–Trinajstić information content (AvgIpc) is 3.14. The van der Waals surface area contributed by atoms with E-state index < -0.39 is 0 Å². The summed E-state index contributed by atoms with van der Waals surface area (Å²) in [6.07, 6.45) is 28.1. The SMILES string of the molecule is C1CC2CCC1C2.C1CC2CCC2C1.C1CCC2CC2C1.CC.CC.CC.CC12CC3CC(C1)C32. The van der Waals surface area contributed by atoms with Gasteiger partial charge in [-0.15, -0.1) is 0 Å². The molecule has 6 atom stereocenters. The van der Waals surface area contributed by atoms with E-state index in [9.17, 15) is 0 Å². The number of hydrogen-bond donors (Lipinski definition) is 0. The van der Waals surface area contributed by atoms with E-state index in [0.717, 1.165) is 5.41 Å². The highest BCUT2D eigenvalue weighted by Crippen LogP contribution is 2.76. The van der Waals surface area contributed by atoms with Crippen molar-refractivity contribution in [2.75, 3.05) is 0 Å². The van der Waals surface area contributed by atoms with E-state index in [1.165, 1.54) is 72.5 Å². The maximum atomic E-state index is 2.48. The van der Waals surface area contributed by atoms with Crippen LogP contribution in [-0.2, 0) is 0 Å².